The monoisotopic (exact) mass is 244 g/mol. The summed E-state index contributed by atoms with van der Waals surface area (Å²) in [5.41, 5.74) is 0. The summed E-state index contributed by atoms with van der Waals surface area (Å²) >= 11 is 0. The summed E-state index contributed by atoms with van der Waals surface area (Å²) < 4.78 is 20.9. The molecular formula is C3H11NaO7P2. The van der Waals surface area contributed by atoms with Gasteiger partial charge in [0.05, 0.1) is 0 Å². The molecule has 0 radical (unpaired) electrons. The van der Waals surface area contributed by atoms with Crippen LogP contribution in [0.1, 0.15) is 6.42 Å². The van der Waals surface area contributed by atoms with E-state index >= 15 is 0 Å². The quantitative estimate of drug-likeness (QED) is 0.297. The van der Waals surface area contributed by atoms with Crippen LogP contribution < -0.4 is 0 Å². The van der Waals surface area contributed by atoms with Crippen molar-refractivity contribution in [2.45, 2.75) is 11.8 Å². The van der Waals surface area contributed by atoms with Crippen molar-refractivity contribution in [2.75, 3.05) is 6.61 Å². The summed E-state index contributed by atoms with van der Waals surface area (Å²) in [6.45, 7) is -0.680. The number of hydrogen-bond acceptors (Lipinski definition) is 3. The molecule has 0 rings (SSSR count). The van der Waals surface area contributed by atoms with Gasteiger partial charge in [0.15, 0.2) is 5.40 Å². The van der Waals surface area contributed by atoms with E-state index < -0.39 is 33.6 Å². The van der Waals surface area contributed by atoms with Crippen LogP contribution in [0, 0.1) is 0 Å². The van der Waals surface area contributed by atoms with E-state index in [2.05, 4.69) is 0 Å². The zero-order valence-corrected chi connectivity index (χ0v) is 7.73. The molecule has 0 saturated heterocycles. The van der Waals surface area contributed by atoms with E-state index in [1.54, 1.807) is 0 Å². The van der Waals surface area contributed by atoms with Crippen molar-refractivity contribution in [1.82, 2.24) is 0 Å². The van der Waals surface area contributed by atoms with Crippen molar-refractivity contribution in [3.63, 3.8) is 0 Å². The third kappa shape index (κ3) is 6.36. The molecular weight excluding hydrogens is 233 g/mol. The van der Waals surface area contributed by atoms with Gasteiger partial charge in [-0.25, -0.2) is 0 Å². The van der Waals surface area contributed by atoms with E-state index in [4.69, 9.17) is 24.7 Å². The van der Waals surface area contributed by atoms with Crippen LogP contribution in [0.5, 0.6) is 0 Å². The molecule has 0 aliphatic carbocycles. The molecule has 0 aliphatic rings. The van der Waals surface area contributed by atoms with Gasteiger partial charge in [0.25, 0.3) is 0 Å². The van der Waals surface area contributed by atoms with E-state index in [0.717, 1.165) is 0 Å². The molecule has 7 nitrogen and oxygen atoms in total. The number of aliphatic hydroxyl groups excluding tert-OH is 1. The summed E-state index contributed by atoms with van der Waals surface area (Å²) in [6.07, 6.45) is -0.617. The molecule has 13 heavy (non-hydrogen) atoms. The molecule has 0 fully saturated rings. The maximum atomic E-state index is 10.5. The zero-order valence-electron chi connectivity index (χ0n) is 5.94. The Morgan fingerprint density at radius 2 is 1.31 bits per heavy atom. The SMILES string of the molecule is O=P(O)(O)C(CCO)P(=O)(O)O.[NaH]. The van der Waals surface area contributed by atoms with Crippen molar-refractivity contribution in [3.05, 3.63) is 0 Å². The van der Waals surface area contributed by atoms with Crippen molar-refractivity contribution < 1.29 is 33.8 Å². The molecule has 0 spiro atoms. The average molecular weight is 244 g/mol. The fourth-order valence-electron chi connectivity index (χ4n) is 0.648. The third-order valence-electron chi connectivity index (χ3n) is 1.16. The predicted molar refractivity (Wildman–Crippen MR) is 46.7 cm³/mol. The van der Waals surface area contributed by atoms with Gasteiger partial charge in [-0.15, -0.1) is 0 Å². The van der Waals surface area contributed by atoms with Crippen LogP contribution in [0.4, 0.5) is 0 Å². The molecule has 0 aromatic heterocycles. The summed E-state index contributed by atoms with van der Waals surface area (Å²) in [5, 5.41) is 6.19. The Hall–Kier alpha value is 1.26. The van der Waals surface area contributed by atoms with E-state index in [0.29, 0.717) is 0 Å². The third-order valence-corrected chi connectivity index (χ3v) is 5.04. The first-order chi connectivity index (χ1) is 5.19. The molecule has 10 heteroatoms. The van der Waals surface area contributed by atoms with Gasteiger partial charge in [-0.1, -0.05) is 0 Å². The van der Waals surface area contributed by atoms with E-state index in [1.165, 1.54) is 0 Å². The Labute approximate surface area is 96.8 Å². The van der Waals surface area contributed by atoms with Crippen LogP contribution in [0.3, 0.4) is 0 Å². The minimum atomic E-state index is -4.84. The Morgan fingerprint density at radius 3 is 1.38 bits per heavy atom. The molecule has 5 N–H and O–H groups in total. The van der Waals surface area contributed by atoms with Gasteiger partial charge in [0.1, 0.15) is 0 Å². The summed E-state index contributed by atoms with van der Waals surface area (Å²) in [4.78, 5) is 33.8. The van der Waals surface area contributed by atoms with Gasteiger partial charge in [0, 0.05) is 6.61 Å². The summed E-state index contributed by atoms with van der Waals surface area (Å²) in [6, 6.07) is 0. The molecule has 0 bridgehead atoms. The topological polar surface area (TPSA) is 135 Å². The number of rotatable bonds is 4. The molecule has 0 atom stereocenters. The van der Waals surface area contributed by atoms with E-state index in [-0.39, 0.29) is 29.6 Å². The van der Waals surface area contributed by atoms with E-state index in [9.17, 15) is 9.13 Å². The van der Waals surface area contributed by atoms with Crippen LogP contribution in [0.15, 0.2) is 0 Å². The van der Waals surface area contributed by atoms with Gasteiger partial charge >= 0.3 is 44.7 Å². The molecule has 0 aromatic carbocycles. The fraction of sp³-hybridized carbons (Fsp3) is 1.00. The first-order valence-electron chi connectivity index (χ1n) is 2.91. The Kier molecular flexibility index (Phi) is 7.67. The fourth-order valence-corrected chi connectivity index (χ4v) is 3.12. The summed E-state index contributed by atoms with van der Waals surface area (Å²) in [7, 11) is -9.67. The second-order valence-corrected chi connectivity index (χ2v) is 6.18. The van der Waals surface area contributed by atoms with Crippen molar-refractivity contribution in [1.29, 1.82) is 0 Å². The molecule has 76 valence electrons. The Morgan fingerprint density at radius 1 is 1.00 bits per heavy atom. The number of aliphatic hydroxyl groups is 1. The number of hydrogen-bond donors (Lipinski definition) is 5. The molecule has 0 amide bonds. The Balaban J connectivity index is 0. The van der Waals surface area contributed by atoms with E-state index in [1.807, 2.05) is 0 Å². The normalized spacial score (nSPS) is 12.8. The maximum absolute atomic E-state index is 10.5. The Bertz CT molecular complexity index is 208. The van der Waals surface area contributed by atoms with Gasteiger partial charge in [-0.2, -0.15) is 0 Å². The van der Waals surface area contributed by atoms with Crippen molar-refractivity contribution in [3.8, 4) is 0 Å². The van der Waals surface area contributed by atoms with Crippen LogP contribution >= 0.6 is 15.2 Å². The van der Waals surface area contributed by atoms with Gasteiger partial charge in [-0.3, -0.25) is 9.13 Å². The van der Waals surface area contributed by atoms with Gasteiger partial charge in [0.2, 0.25) is 0 Å². The first-order valence-corrected chi connectivity index (χ1v) is 6.27. The minimum absolute atomic E-state index is 0. The molecule has 0 unspecified atom stereocenters. The second kappa shape index (κ2) is 5.98. The standard InChI is InChI=1S/C3H10O7P2.Na.H/c4-2-1-3(11(5,6)7)12(8,9)10;;/h3-4H,1-2H2,(H2,5,6,7)(H2,8,9,10);;. The second-order valence-electron chi connectivity index (χ2n) is 2.17. The van der Waals surface area contributed by atoms with Crippen molar-refractivity contribution >= 4 is 44.7 Å². The zero-order chi connectivity index (χ0) is 9.99. The average Bonchev–Trinajstić information content (AvgIpc) is 1.77. The molecule has 0 saturated carbocycles. The van der Waals surface area contributed by atoms with Crippen molar-refractivity contribution in [2.24, 2.45) is 0 Å². The van der Waals surface area contributed by atoms with Gasteiger partial charge in [-0.05, 0) is 6.42 Å². The van der Waals surface area contributed by atoms with Crippen LogP contribution in [-0.4, -0.2) is 66.2 Å². The van der Waals surface area contributed by atoms with Gasteiger partial charge < -0.3 is 24.7 Å². The van der Waals surface area contributed by atoms with Crippen LogP contribution in [-0.2, 0) is 9.13 Å². The molecule has 0 aromatic rings. The predicted octanol–water partition coefficient (Wildman–Crippen LogP) is -1.60. The van der Waals surface area contributed by atoms with Crippen LogP contribution in [0.25, 0.3) is 0 Å². The summed E-state index contributed by atoms with van der Waals surface area (Å²) in [5.74, 6) is 0. The molecule has 0 aliphatic heterocycles. The first kappa shape index (κ1) is 16.7. The molecule has 0 heterocycles. The van der Waals surface area contributed by atoms with Crippen LogP contribution in [0.2, 0.25) is 0 Å².